The molecule has 7 nitrogen and oxygen atoms in total. The summed E-state index contributed by atoms with van der Waals surface area (Å²) in [7, 11) is -3.97. The maximum atomic E-state index is 13.6. The summed E-state index contributed by atoms with van der Waals surface area (Å²) in [6.45, 7) is 4.53. The number of nitrogens with zero attached hydrogens (tertiary/aromatic N) is 2. The molecule has 0 aliphatic carbocycles. The minimum absolute atomic E-state index is 0.000641. The molecule has 0 aromatic heterocycles. The van der Waals surface area contributed by atoms with Crippen molar-refractivity contribution in [3.8, 4) is 0 Å². The van der Waals surface area contributed by atoms with Crippen LogP contribution in [0.5, 0.6) is 0 Å². The highest BCUT2D eigenvalue weighted by Crippen LogP contribution is 2.25. The zero-order valence-corrected chi connectivity index (χ0v) is 21.0. The Kier molecular flexibility index (Phi) is 9.40. The lowest BCUT2D eigenvalue weighted by molar-refractivity contribution is -0.139. The van der Waals surface area contributed by atoms with Crippen LogP contribution in [-0.4, -0.2) is 50.0 Å². The molecule has 2 aromatic carbocycles. The standard InChI is InChI=1S/C23H28ClF2N3O4S/c1-5-15(2)27-23(31)16(3)28(13-17-6-8-18(25)9-7-17)22(30)14-29(34(4,32)33)19-10-11-21(26)20(24)12-19/h6-12,15-16H,5,13-14H2,1-4H3,(H,27,31)/t15-,16+/m1/s1. The molecule has 0 bridgehead atoms. The Morgan fingerprint density at radius 3 is 2.24 bits per heavy atom. The lowest BCUT2D eigenvalue weighted by atomic mass is 10.1. The Hall–Kier alpha value is -2.72. The predicted octanol–water partition coefficient (Wildman–Crippen LogP) is 3.72. The molecule has 0 aliphatic rings. The van der Waals surface area contributed by atoms with Gasteiger partial charge in [0.15, 0.2) is 0 Å². The third kappa shape index (κ3) is 7.39. The topological polar surface area (TPSA) is 86.8 Å². The Balaban J connectivity index is 2.39. The molecule has 0 spiro atoms. The van der Waals surface area contributed by atoms with Gasteiger partial charge in [-0.05, 0) is 56.2 Å². The number of hydrogen-bond donors (Lipinski definition) is 1. The van der Waals surface area contributed by atoms with Crippen molar-refractivity contribution in [1.29, 1.82) is 0 Å². The van der Waals surface area contributed by atoms with Crippen molar-refractivity contribution in [2.45, 2.75) is 45.8 Å². The van der Waals surface area contributed by atoms with Crippen molar-refractivity contribution in [1.82, 2.24) is 10.2 Å². The van der Waals surface area contributed by atoms with Crippen LogP contribution in [0.3, 0.4) is 0 Å². The van der Waals surface area contributed by atoms with Gasteiger partial charge in [0.25, 0.3) is 0 Å². The molecule has 2 atom stereocenters. The van der Waals surface area contributed by atoms with E-state index in [1.54, 1.807) is 0 Å². The molecule has 186 valence electrons. The van der Waals surface area contributed by atoms with Crippen LogP contribution in [0.4, 0.5) is 14.5 Å². The van der Waals surface area contributed by atoms with Gasteiger partial charge in [0, 0.05) is 12.6 Å². The number of nitrogens with one attached hydrogen (secondary N) is 1. The number of amides is 2. The molecule has 0 saturated carbocycles. The molecule has 2 aromatic rings. The van der Waals surface area contributed by atoms with Crippen LogP contribution in [-0.2, 0) is 26.2 Å². The van der Waals surface area contributed by atoms with Crippen molar-refractivity contribution < 1.29 is 26.8 Å². The van der Waals surface area contributed by atoms with Gasteiger partial charge in [-0.1, -0.05) is 30.7 Å². The lowest BCUT2D eigenvalue weighted by Gasteiger charge is -2.32. The third-order valence-corrected chi connectivity index (χ3v) is 6.74. The Labute approximate surface area is 203 Å². The summed E-state index contributed by atoms with van der Waals surface area (Å²) in [6.07, 6.45) is 1.58. The van der Waals surface area contributed by atoms with Gasteiger partial charge < -0.3 is 10.2 Å². The second-order valence-electron chi connectivity index (χ2n) is 8.01. The molecule has 0 unspecified atom stereocenters. The van der Waals surface area contributed by atoms with E-state index in [1.165, 1.54) is 42.2 Å². The van der Waals surface area contributed by atoms with E-state index in [0.717, 1.165) is 22.7 Å². The first-order valence-electron chi connectivity index (χ1n) is 10.6. The number of benzene rings is 2. The second kappa shape index (κ2) is 11.6. The molecule has 2 amide bonds. The van der Waals surface area contributed by atoms with E-state index in [4.69, 9.17) is 11.6 Å². The first kappa shape index (κ1) is 27.5. The maximum absolute atomic E-state index is 13.6. The van der Waals surface area contributed by atoms with Gasteiger partial charge in [-0.25, -0.2) is 17.2 Å². The van der Waals surface area contributed by atoms with E-state index in [1.807, 2.05) is 13.8 Å². The van der Waals surface area contributed by atoms with E-state index in [2.05, 4.69) is 5.32 Å². The number of anilines is 1. The summed E-state index contributed by atoms with van der Waals surface area (Å²) in [5.41, 5.74) is 0.550. The number of hydrogen-bond acceptors (Lipinski definition) is 4. The van der Waals surface area contributed by atoms with Gasteiger partial charge in [0.2, 0.25) is 21.8 Å². The fourth-order valence-electron chi connectivity index (χ4n) is 3.09. The zero-order chi connectivity index (χ0) is 25.6. The van der Waals surface area contributed by atoms with Crippen molar-refractivity contribution in [2.24, 2.45) is 0 Å². The molecule has 2 rings (SSSR count). The fourth-order valence-corrected chi connectivity index (χ4v) is 4.10. The highest BCUT2D eigenvalue weighted by molar-refractivity contribution is 7.92. The Bertz CT molecular complexity index is 1130. The number of carbonyl (C=O) groups is 2. The van der Waals surface area contributed by atoms with Crippen LogP contribution in [0.15, 0.2) is 42.5 Å². The molecule has 34 heavy (non-hydrogen) atoms. The first-order chi connectivity index (χ1) is 15.8. The van der Waals surface area contributed by atoms with Crippen molar-refractivity contribution in [2.75, 3.05) is 17.1 Å². The summed E-state index contributed by atoms with van der Waals surface area (Å²) >= 11 is 5.81. The predicted molar refractivity (Wildman–Crippen MR) is 128 cm³/mol. The van der Waals surface area contributed by atoms with Gasteiger partial charge in [-0.15, -0.1) is 0 Å². The third-order valence-electron chi connectivity index (χ3n) is 5.30. The SMILES string of the molecule is CC[C@@H](C)NC(=O)[C@H](C)N(Cc1ccc(F)cc1)C(=O)CN(c1ccc(F)c(Cl)c1)S(C)(=O)=O. The largest absolute Gasteiger partial charge is 0.352 e. The van der Waals surface area contributed by atoms with Gasteiger partial charge in [-0.2, -0.15) is 0 Å². The minimum Gasteiger partial charge on any atom is -0.352 e. The van der Waals surface area contributed by atoms with Crippen LogP contribution in [0, 0.1) is 11.6 Å². The summed E-state index contributed by atoms with van der Waals surface area (Å²) in [5.74, 6) is -2.29. The number of rotatable bonds is 10. The summed E-state index contributed by atoms with van der Waals surface area (Å²) in [6, 6.07) is 7.62. The summed E-state index contributed by atoms with van der Waals surface area (Å²) < 4.78 is 52.7. The number of carbonyl (C=O) groups excluding carboxylic acids is 2. The highest BCUT2D eigenvalue weighted by Gasteiger charge is 2.30. The molecule has 1 N–H and O–H groups in total. The molecular formula is C23H28ClF2N3O4S. The van der Waals surface area contributed by atoms with Gasteiger partial charge in [0.05, 0.1) is 17.0 Å². The molecule has 0 saturated heterocycles. The van der Waals surface area contributed by atoms with Crippen LogP contribution >= 0.6 is 11.6 Å². The maximum Gasteiger partial charge on any atom is 0.244 e. The van der Waals surface area contributed by atoms with E-state index in [0.29, 0.717) is 12.0 Å². The van der Waals surface area contributed by atoms with Crippen LogP contribution in [0.25, 0.3) is 0 Å². The van der Waals surface area contributed by atoms with Crippen molar-refractivity contribution >= 4 is 39.1 Å². The average Bonchev–Trinajstić information content (AvgIpc) is 2.77. The fraction of sp³-hybridized carbons (Fsp3) is 0.391. The van der Waals surface area contributed by atoms with Crippen molar-refractivity contribution in [3.05, 3.63) is 64.7 Å². The number of halogens is 3. The normalized spacial score (nSPS) is 13.1. The van der Waals surface area contributed by atoms with E-state index < -0.39 is 46.1 Å². The first-order valence-corrected chi connectivity index (χ1v) is 12.8. The average molecular weight is 516 g/mol. The molecule has 0 aliphatic heterocycles. The van der Waals surface area contributed by atoms with E-state index in [-0.39, 0.29) is 23.3 Å². The highest BCUT2D eigenvalue weighted by atomic mass is 35.5. The molecule has 0 fully saturated rings. The van der Waals surface area contributed by atoms with Crippen LogP contribution < -0.4 is 9.62 Å². The zero-order valence-electron chi connectivity index (χ0n) is 19.4. The summed E-state index contributed by atoms with van der Waals surface area (Å²) in [5, 5.41) is 2.50. The minimum atomic E-state index is -3.97. The quantitative estimate of drug-likeness (QED) is 0.522. The lowest BCUT2D eigenvalue weighted by Crippen LogP contribution is -2.52. The monoisotopic (exact) mass is 515 g/mol. The van der Waals surface area contributed by atoms with Gasteiger partial charge >= 0.3 is 0 Å². The Morgan fingerprint density at radius 2 is 1.71 bits per heavy atom. The van der Waals surface area contributed by atoms with Crippen molar-refractivity contribution in [3.63, 3.8) is 0 Å². The molecule has 11 heteroatoms. The van der Waals surface area contributed by atoms with Gasteiger partial charge in [-0.3, -0.25) is 13.9 Å². The molecular weight excluding hydrogens is 488 g/mol. The van der Waals surface area contributed by atoms with E-state index >= 15 is 0 Å². The smallest absolute Gasteiger partial charge is 0.244 e. The van der Waals surface area contributed by atoms with Crippen LogP contribution in [0.2, 0.25) is 5.02 Å². The molecule has 0 radical (unpaired) electrons. The summed E-state index contributed by atoms with van der Waals surface area (Å²) in [4.78, 5) is 27.4. The van der Waals surface area contributed by atoms with E-state index in [9.17, 15) is 26.8 Å². The van der Waals surface area contributed by atoms with Crippen LogP contribution in [0.1, 0.15) is 32.8 Å². The molecule has 0 heterocycles. The van der Waals surface area contributed by atoms with Gasteiger partial charge in [0.1, 0.15) is 24.2 Å². The number of sulfonamides is 1. The Morgan fingerprint density at radius 1 is 1.09 bits per heavy atom. The second-order valence-corrected chi connectivity index (χ2v) is 10.3.